The molecular formula is C16H32O2. The Bertz CT molecular complexity index is 157. The van der Waals surface area contributed by atoms with Crippen LogP contribution in [0.3, 0.4) is 0 Å². The molecule has 0 unspecified atom stereocenters. The monoisotopic (exact) mass is 256 g/mol. The fourth-order valence-electron chi connectivity index (χ4n) is 2.17. The van der Waals surface area contributed by atoms with E-state index in [0.717, 1.165) is 32.3 Å². The largest absolute Gasteiger partial charge is 0.382 e. The summed E-state index contributed by atoms with van der Waals surface area (Å²) in [5, 5.41) is 0. The summed E-state index contributed by atoms with van der Waals surface area (Å²) in [5.74, 6) is 0. The molecular weight excluding hydrogens is 224 g/mol. The Morgan fingerprint density at radius 2 is 1.17 bits per heavy atom. The number of carbonyl (C=O) groups is 1. The maximum absolute atomic E-state index is 10.1. The average molecular weight is 256 g/mol. The molecule has 0 N–H and O–H groups in total. The minimum atomic E-state index is 0.752. The first-order valence-corrected chi connectivity index (χ1v) is 7.93. The number of hydrogen-bond donors (Lipinski definition) is 0. The van der Waals surface area contributed by atoms with Crippen molar-refractivity contribution in [3.63, 3.8) is 0 Å². The van der Waals surface area contributed by atoms with E-state index >= 15 is 0 Å². The minimum absolute atomic E-state index is 0.752. The van der Waals surface area contributed by atoms with Crippen LogP contribution in [0.1, 0.15) is 84.0 Å². The molecule has 0 aliphatic carbocycles. The van der Waals surface area contributed by atoms with E-state index in [1.807, 2.05) is 0 Å². The average Bonchev–Trinajstić information content (AvgIpc) is 2.39. The molecule has 0 fully saturated rings. The zero-order chi connectivity index (χ0) is 13.3. The van der Waals surface area contributed by atoms with E-state index in [9.17, 15) is 4.79 Å². The van der Waals surface area contributed by atoms with Crippen LogP contribution in [-0.4, -0.2) is 19.5 Å². The quantitative estimate of drug-likeness (QED) is 0.307. The standard InChI is InChI=1S/C16H32O2/c1-2-18-16-14-12-10-8-6-4-3-5-7-9-11-13-15-17/h15H,2-14,16H2,1H3. The first kappa shape index (κ1) is 17.6. The van der Waals surface area contributed by atoms with Gasteiger partial charge in [-0.25, -0.2) is 0 Å². The van der Waals surface area contributed by atoms with Gasteiger partial charge in [-0.05, 0) is 19.8 Å². The first-order chi connectivity index (χ1) is 8.91. The second kappa shape index (κ2) is 16.6. The lowest BCUT2D eigenvalue weighted by atomic mass is 10.1. The van der Waals surface area contributed by atoms with Gasteiger partial charge < -0.3 is 9.53 Å². The highest BCUT2D eigenvalue weighted by atomic mass is 16.5. The van der Waals surface area contributed by atoms with E-state index in [1.54, 1.807) is 0 Å². The van der Waals surface area contributed by atoms with Gasteiger partial charge in [0, 0.05) is 19.6 Å². The van der Waals surface area contributed by atoms with Crippen LogP contribution in [0.25, 0.3) is 0 Å². The van der Waals surface area contributed by atoms with Gasteiger partial charge in [-0.2, -0.15) is 0 Å². The van der Waals surface area contributed by atoms with Gasteiger partial charge in [0.15, 0.2) is 0 Å². The Morgan fingerprint density at radius 3 is 1.61 bits per heavy atom. The molecule has 0 bridgehead atoms. The number of unbranched alkanes of at least 4 members (excludes halogenated alkanes) is 11. The van der Waals surface area contributed by atoms with E-state index < -0.39 is 0 Å². The van der Waals surface area contributed by atoms with E-state index in [4.69, 9.17) is 4.74 Å². The SMILES string of the molecule is CCOCCCCCCCCCCCCCC=O. The molecule has 0 aliphatic rings. The van der Waals surface area contributed by atoms with Crippen LogP contribution < -0.4 is 0 Å². The van der Waals surface area contributed by atoms with Gasteiger partial charge in [0.1, 0.15) is 6.29 Å². The highest BCUT2D eigenvalue weighted by Crippen LogP contribution is 2.11. The summed E-state index contributed by atoms with van der Waals surface area (Å²) in [5.41, 5.74) is 0. The van der Waals surface area contributed by atoms with Crippen LogP contribution >= 0.6 is 0 Å². The predicted molar refractivity (Wildman–Crippen MR) is 78.0 cm³/mol. The van der Waals surface area contributed by atoms with Crippen LogP contribution in [0.5, 0.6) is 0 Å². The molecule has 108 valence electrons. The zero-order valence-electron chi connectivity index (χ0n) is 12.3. The van der Waals surface area contributed by atoms with Gasteiger partial charge >= 0.3 is 0 Å². The molecule has 0 radical (unpaired) electrons. The van der Waals surface area contributed by atoms with Crippen molar-refractivity contribution in [2.75, 3.05) is 13.2 Å². The van der Waals surface area contributed by atoms with Crippen molar-refractivity contribution in [2.45, 2.75) is 84.0 Å². The van der Waals surface area contributed by atoms with Crippen molar-refractivity contribution in [2.24, 2.45) is 0 Å². The third kappa shape index (κ3) is 15.6. The summed E-state index contributed by atoms with van der Waals surface area (Å²) in [6.07, 6.45) is 16.2. The van der Waals surface area contributed by atoms with Gasteiger partial charge in [-0.3, -0.25) is 0 Å². The second-order valence-electron chi connectivity index (χ2n) is 5.04. The van der Waals surface area contributed by atoms with Gasteiger partial charge in [0.2, 0.25) is 0 Å². The third-order valence-electron chi connectivity index (χ3n) is 3.31. The number of ether oxygens (including phenoxy) is 1. The molecule has 0 aromatic carbocycles. The third-order valence-corrected chi connectivity index (χ3v) is 3.31. The smallest absolute Gasteiger partial charge is 0.119 e. The molecule has 0 heterocycles. The van der Waals surface area contributed by atoms with Crippen molar-refractivity contribution < 1.29 is 9.53 Å². The minimum Gasteiger partial charge on any atom is -0.382 e. The lowest BCUT2D eigenvalue weighted by Gasteiger charge is -2.03. The maximum atomic E-state index is 10.1. The fraction of sp³-hybridized carbons (Fsp3) is 0.938. The number of rotatable bonds is 15. The number of hydrogen-bond acceptors (Lipinski definition) is 2. The molecule has 0 aromatic heterocycles. The van der Waals surface area contributed by atoms with Gasteiger partial charge in [-0.1, -0.05) is 57.8 Å². The van der Waals surface area contributed by atoms with E-state index in [1.165, 1.54) is 64.2 Å². The molecule has 2 nitrogen and oxygen atoms in total. The highest BCUT2D eigenvalue weighted by molar-refractivity contribution is 5.48. The summed E-state index contributed by atoms with van der Waals surface area (Å²) in [7, 11) is 0. The summed E-state index contributed by atoms with van der Waals surface area (Å²) in [6, 6.07) is 0. The maximum Gasteiger partial charge on any atom is 0.119 e. The van der Waals surface area contributed by atoms with Crippen molar-refractivity contribution in [1.29, 1.82) is 0 Å². The molecule has 2 heteroatoms. The Morgan fingerprint density at radius 1 is 0.722 bits per heavy atom. The number of aldehydes is 1. The Hall–Kier alpha value is -0.370. The molecule has 0 saturated heterocycles. The van der Waals surface area contributed by atoms with Crippen LogP contribution in [0.15, 0.2) is 0 Å². The lowest BCUT2D eigenvalue weighted by Crippen LogP contribution is -1.92. The van der Waals surface area contributed by atoms with Crippen molar-refractivity contribution >= 4 is 6.29 Å². The fourth-order valence-corrected chi connectivity index (χ4v) is 2.17. The van der Waals surface area contributed by atoms with Gasteiger partial charge in [-0.15, -0.1) is 0 Å². The predicted octanol–water partition coefficient (Wildman–Crippen LogP) is 4.90. The van der Waals surface area contributed by atoms with Gasteiger partial charge in [0.05, 0.1) is 0 Å². The molecule has 0 saturated carbocycles. The molecule has 0 spiro atoms. The van der Waals surface area contributed by atoms with E-state index in [0.29, 0.717) is 0 Å². The highest BCUT2D eigenvalue weighted by Gasteiger charge is 1.93. The van der Waals surface area contributed by atoms with Crippen LogP contribution in [-0.2, 0) is 9.53 Å². The van der Waals surface area contributed by atoms with Crippen molar-refractivity contribution in [1.82, 2.24) is 0 Å². The zero-order valence-corrected chi connectivity index (χ0v) is 12.3. The summed E-state index contributed by atoms with van der Waals surface area (Å²) >= 11 is 0. The van der Waals surface area contributed by atoms with Crippen LogP contribution in [0, 0.1) is 0 Å². The molecule has 0 amide bonds. The normalized spacial score (nSPS) is 10.7. The van der Waals surface area contributed by atoms with Crippen LogP contribution in [0.4, 0.5) is 0 Å². The van der Waals surface area contributed by atoms with Crippen molar-refractivity contribution in [3.05, 3.63) is 0 Å². The van der Waals surface area contributed by atoms with E-state index in [2.05, 4.69) is 6.92 Å². The number of carbonyl (C=O) groups excluding carboxylic acids is 1. The first-order valence-electron chi connectivity index (χ1n) is 7.93. The molecule has 0 atom stereocenters. The topological polar surface area (TPSA) is 26.3 Å². The molecule has 0 aliphatic heterocycles. The second-order valence-corrected chi connectivity index (χ2v) is 5.04. The molecule has 0 rings (SSSR count). The van der Waals surface area contributed by atoms with Crippen LogP contribution in [0.2, 0.25) is 0 Å². The van der Waals surface area contributed by atoms with Crippen molar-refractivity contribution in [3.8, 4) is 0 Å². The Labute approximate surface area is 113 Å². The summed E-state index contributed by atoms with van der Waals surface area (Å²) < 4.78 is 5.31. The summed E-state index contributed by atoms with van der Waals surface area (Å²) in [6.45, 7) is 3.85. The van der Waals surface area contributed by atoms with Gasteiger partial charge in [0.25, 0.3) is 0 Å². The molecule has 0 aromatic rings. The van der Waals surface area contributed by atoms with E-state index in [-0.39, 0.29) is 0 Å². The summed E-state index contributed by atoms with van der Waals surface area (Å²) in [4.78, 5) is 10.1. The molecule has 18 heavy (non-hydrogen) atoms. The lowest BCUT2D eigenvalue weighted by molar-refractivity contribution is -0.107. The Kier molecular flexibility index (Phi) is 16.3. The Balaban J connectivity index is 2.88.